The number of carbonyl (C=O) groups excluding carboxylic acids is 1. The zero-order chi connectivity index (χ0) is 20.9. The van der Waals surface area contributed by atoms with E-state index in [-0.39, 0.29) is 16.8 Å². The molecule has 156 valence electrons. The molecular weight excluding hydrogens is 388 g/mol. The molecule has 1 atom stereocenters. The molecule has 0 radical (unpaired) electrons. The summed E-state index contributed by atoms with van der Waals surface area (Å²) in [4.78, 5) is 18.0. The van der Waals surface area contributed by atoms with Gasteiger partial charge in [0.25, 0.3) is 0 Å². The molecule has 1 aliphatic rings. The van der Waals surface area contributed by atoms with Gasteiger partial charge in [0.2, 0.25) is 15.9 Å². The average molecular weight is 417 g/mol. The molecule has 1 fully saturated rings. The van der Waals surface area contributed by atoms with Crippen molar-refractivity contribution in [2.75, 3.05) is 32.0 Å². The number of pyridine rings is 1. The highest BCUT2D eigenvalue weighted by atomic mass is 32.2. The second-order valence-electron chi connectivity index (χ2n) is 7.42. The fourth-order valence-electron chi connectivity index (χ4n) is 3.58. The average Bonchev–Trinajstić information content (AvgIpc) is 2.73. The van der Waals surface area contributed by atoms with E-state index >= 15 is 0 Å². The zero-order valence-electron chi connectivity index (χ0n) is 16.9. The lowest BCUT2D eigenvalue weighted by molar-refractivity contribution is -0.114. The largest absolute Gasteiger partial charge is 0.326 e. The summed E-state index contributed by atoms with van der Waals surface area (Å²) < 4.78 is 27.7. The molecule has 0 spiro atoms. The molecule has 3 rings (SSSR count). The van der Waals surface area contributed by atoms with Crippen LogP contribution in [-0.2, 0) is 21.2 Å². The Morgan fingerprint density at radius 1 is 1.24 bits per heavy atom. The van der Waals surface area contributed by atoms with Crippen LogP contribution in [0.4, 0.5) is 5.69 Å². The van der Waals surface area contributed by atoms with E-state index in [4.69, 9.17) is 0 Å². The monoisotopic (exact) mass is 416 g/mol. The van der Waals surface area contributed by atoms with Crippen LogP contribution in [0.15, 0.2) is 53.6 Å². The molecule has 1 aromatic carbocycles. The maximum absolute atomic E-state index is 13.1. The number of amides is 1. The summed E-state index contributed by atoms with van der Waals surface area (Å²) in [7, 11) is -1.51. The predicted octanol–water partition coefficient (Wildman–Crippen LogP) is 2.37. The van der Waals surface area contributed by atoms with Gasteiger partial charge in [-0.05, 0) is 56.3 Å². The first kappa shape index (κ1) is 21.4. The molecule has 8 heteroatoms. The molecule has 0 bridgehead atoms. The Kier molecular flexibility index (Phi) is 7.00. The van der Waals surface area contributed by atoms with E-state index in [0.29, 0.717) is 18.8 Å². The van der Waals surface area contributed by atoms with Gasteiger partial charge in [-0.15, -0.1) is 0 Å². The highest BCUT2D eigenvalue weighted by Gasteiger charge is 2.31. The third kappa shape index (κ3) is 5.62. The first-order chi connectivity index (χ1) is 13.9. The molecule has 1 amide bonds. The van der Waals surface area contributed by atoms with Crippen molar-refractivity contribution in [3.8, 4) is 0 Å². The summed E-state index contributed by atoms with van der Waals surface area (Å²) in [6, 6.07) is 12.4. The van der Waals surface area contributed by atoms with Gasteiger partial charge in [-0.3, -0.25) is 9.78 Å². The Hall–Kier alpha value is -2.29. The van der Waals surface area contributed by atoms with Crippen molar-refractivity contribution in [1.29, 1.82) is 0 Å². The third-order valence-electron chi connectivity index (χ3n) is 5.24. The van der Waals surface area contributed by atoms with Gasteiger partial charge in [0, 0.05) is 56.6 Å². The molecule has 0 saturated carbocycles. The topological polar surface area (TPSA) is 82.6 Å². The van der Waals surface area contributed by atoms with E-state index in [1.54, 1.807) is 34.8 Å². The molecule has 1 aromatic heterocycles. The van der Waals surface area contributed by atoms with Crippen molar-refractivity contribution < 1.29 is 13.2 Å². The van der Waals surface area contributed by atoms with E-state index in [2.05, 4.69) is 15.2 Å². The zero-order valence-corrected chi connectivity index (χ0v) is 17.7. The Bertz CT molecular complexity index is 917. The minimum absolute atomic E-state index is 0.181. The van der Waals surface area contributed by atoms with Crippen molar-refractivity contribution in [3.05, 3.63) is 54.4 Å². The number of carbonyl (C=O) groups is 1. The summed E-state index contributed by atoms with van der Waals surface area (Å²) in [5.41, 5.74) is 1.63. The Morgan fingerprint density at radius 3 is 2.66 bits per heavy atom. The van der Waals surface area contributed by atoms with Gasteiger partial charge in [0.05, 0.1) is 4.90 Å². The summed E-state index contributed by atoms with van der Waals surface area (Å²) in [6.07, 6.45) is 4.45. The Morgan fingerprint density at radius 2 is 2.00 bits per heavy atom. The van der Waals surface area contributed by atoms with Gasteiger partial charge in [0.15, 0.2) is 0 Å². The number of anilines is 1. The fourth-order valence-corrected chi connectivity index (χ4v) is 5.10. The second kappa shape index (κ2) is 9.47. The van der Waals surface area contributed by atoms with Crippen LogP contribution in [0.2, 0.25) is 0 Å². The van der Waals surface area contributed by atoms with E-state index < -0.39 is 10.0 Å². The van der Waals surface area contributed by atoms with Gasteiger partial charge in [-0.2, -0.15) is 4.31 Å². The SMILES string of the molecule is CC(=O)Nc1ccc(S(=O)(=O)N2CCC[C@H](N(C)CCc3ccccn3)C2)cc1. The van der Waals surface area contributed by atoms with E-state index in [9.17, 15) is 13.2 Å². The number of nitrogens with one attached hydrogen (secondary N) is 1. The highest BCUT2D eigenvalue weighted by Crippen LogP contribution is 2.24. The van der Waals surface area contributed by atoms with Crippen LogP contribution in [0, 0.1) is 0 Å². The molecular formula is C21H28N4O3S. The molecule has 2 heterocycles. The Balaban J connectivity index is 1.63. The van der Waals surface area contributed by atoms with Crippen LogP contribution in [0.3, 0.4) is 0 Å². The summed E-state index contributed by atoms with van der Waals surface area (Å²) in [5, 5.41) is 2.65. The maximum atomic E-state index is 13.1. The number of rotatable bonds is 7. The molecule has 0 unspecified atom stereocenters. The summed E-state index contributed by atoms with van der Waals surface area (Å²) in [6.45, 7) is 3.26. The van der Waals surface area contributed by atoms with Crippen LogP contribution in [0.5, 0.6) is 0 Å². The minimum Gasteiger partial charge on any atom is -0.326 e. The number of likely N-dealkylation sites (N-methyl/N-ethyl adjacent to an activating group) is 1. The van der Waals surface area contributed by atoms with Crippen molar-refractivity contribution in [3.63, 3.8) is 0 Å². The quantitative estimate of drug-likeness (QED) is 0.749. The van der Waals surface area contributed by atoms with Crippen molar-refractivity contribution in [2.45, 2.75) is 37.1 Å². The van der Waals surface area contributed by atoms with Crippen molar-refractivity contribution in [2.24, 2.45) is 0 Å². The highest BCUT2D eigenvalue weighted by molar-refractivity contribution is 7.89. The van der Waals surface area contributed by atoms with Crippen LogP contribution in [0.25, 0.3) is 0 Å². The van der Waals surface area contributed by atoms with E-state index in [1.807, 2.05) is 25.2 Å². The molecule has 1 aliphatic heterocycles. The fraction of sp³-hybridized carbons (Fsp3) is 0.429. The number of nitrogens with zero attached hydrogens (tertiary/aromatic N) is 3. The third-order valence-corrected chi connectivity index (χ3v) is 7.12. The number of piperidine rings is 1. The van der Waals surface area contributed by atoms with Crippen molar-refractivity contribution in [1.82, 2.24) is 14.2 Å². The molecule has 1 saturated heterocycles. The number of hydrogen-bond acceptors (Lipinski definition) is 5. The smallest absolute Gasteiger partial charge is 0.243 e. The van der Waals surface area contributed by atoms with Gasteiger partial charge in [0.1, 0.15) is 0 Å². The predicted molar refractivity (Wildman–Crippen MR) is 113 cm³/mol. The first-order valence-electron chi connectivity index (χ1n) is 9.84. The molecule has 1 N–H and O–H groups in total. The van der Waals surface area contributed by atoms with E-state index in [1.165, 1.54) is 6.92 Å². The lowest BCUT2D eigenvalue weighted by atomic mass is 10.1. The van der Waals surface area contributed by atoms with Crippen molar-refractivity contribution >= 4 is 21.6 Å². The Labute approximate surface area is 172 Å². The lowest BCUT2D eigenvalue weighted by Gasteiger charge is -2.37. The maximum Gasteiger partial charge on any atom is 0.243 e. The number of sulfonamides is 1. The molecule has 7 nitrogen and oxygen atoms in total. The van der Waals surface area contributed by atoms with Gasteiger partial charge >= 0.3 is 0 Å². The summed E-state index contributed by atoms with van der Waals surface area (Å²) in [5.74, 6) is -0.187. The molecule has 29 heavy (non-hydrogen) atoms. The van der Waals surface area contributed by atoms with Gasteiger partial charge in [-0.1, -0.05) is 6.07 Å². The van der Waals surface area contributed by atoms with Crippen LogP contribution in [0.1, 0.15) is 25.5 Å². The van der Waals surface area contributed by atoms with Gasteiger partial charge in [-0.25, -0.2) is 8.42 Å². The second-order valence-corrected chi connectivity index (χ2v) is 9.35. The summed E-state index contributed by atoms with van der Waals surface area (Å²) >= 11 is 0. The van der Waals surface area contributed by atoms with Crippen LogP contribution < -0.4 is 5.32 Å². The molecule has 0 aliphatic carbocycles. The normalized spacial score (nSPS) is 18.0. The van der Waals surface area contributed by atoms with E-state index in [0.717, 1.165) is 31.5 Å². The lowest BCUT2D eigenvalue weighted by Crippen LogP contribution is -2.48. The molecule has 2 aromatic rings. The minimum atomic E-state index is -3.56. The van der Waals surface area contributed by atoms with Crippen LogP contribution in [-0.4, -0.2) is 61.2 Å². The first-order valence-corrected chi connectivity index (χ1v) is 11.3. The number of benzene rings is 1. The van der Waals surface area contributed by atoms with Crippen LogP contribution >= 0.6 is 0 Å². The van der Waals surface area contributed by atoms with Gasteiger partial charge < -0.3 is 10.2 Å². The number of aromatic nitrogens is 1. The standard InChI is InChI=1S/C21H28N4O3S/c1-17(26)23-19-8-10-21(11-9-19)29(27,28)25-14-5-7-20(16-25)24(2)15-12-18-6-3-4-13-22-18/h3-4,6,8-11,13,20H,5,7,12,14-16H2,1-2H3,(H,23,26)/t20-/m0/s1. The number of hydrogen-bond donors (Lipinski definition) is 1.